The Labute approximate surface area is 196 Å². The summed E-state index contributed by atoms with van der Waals surface area (Å²) >= 11 is 0. The van der Waals surface area contributed by atoms with Gasteiger partial charge in [-0.3, -0.25) is 19.1 Å². The molecule has 3 fully saturated rings. The number of likely N-dealkylation sites (tertiary alicyclic amines) is 1. The molecule has 3 atom stereocenters. The van der Waals surface area contributed by atoms with Gasteiger partial charge in [0.05, 0.1) is 5.52 Å². The number of primary amides is 1. The van der Waals surface area contributed by atoms with E-state index in [0.29, 0.717) is 22.6 Å². The van der Waals surface area contributed by atoms with Crippen molar-refractivity contribution in [2.45, 2.75) is 56.7 Å². The fraction of sp³-hybridized carbons (Fsp3) is 0.400. The van der Waals surface area contributed by atoms with Crippen LogP contribution in [0, 0.1) is 5.92 Å². The van der Waals surface area contributed by atoms with Gasteiger partial charge >= 0.3 is 0 Å². The second-order valence-corrected chi connectivity index (χ2v) is 9.57. The maximum absolute atomic E-state index is 13.5. The zero-order chi connectivity index (χ0) is 23.4. The Morgan fingerprint density at radius 3 is 2.65 bits per heavy atom. The van der Waals surface area contributed by atoms with Crippen molar-refractivity contribution >= 4 is 34.4 Å². The number of carbonyl (C=O) groups is 3. The Morgan fingerprint density at radius 1 is 1.03 bits per heavy atom. The minimum Gasteiger partial charge on any atom is -0.364 e. The number of aromatic nitrogens is 3. The van der Waals surface area contributed by atoms with E-state index in [1.165, 1.54) is 4.68 Å². The van der Waals surface area contributed by atoms with Crippen LogP contribution in [0.1, 0.15) is 54.2 Å². The highest BCUT2D eigenvalue weighted by Gasteiger charge is 2.51. The SMILES string of the molecule is NC(=O)c1nn(CC(=O)N2[C@@H]3CC[C@@H](C3)[C@H]2C(=O)Nc2cccc(C3CC3)n2)c2ccccc12. The molecule has 2 aliphatic carbocycles. The molecule has 2 bridgehead atoms. The number of para-hydroxylation sites is 1. The summed E-state index contributed by atoms with van der Waals surface area (Å²) in [4.78, 5) is 45.0. The van der Waals surface area contributed by atoms with Gasteiger partial charge in [0.25, 0.3) is 5.91 Å². The Bertz CT molecular complexity index is 1310. The molecule has 3 amide bonds. The van der Waals surface area contributed by atoms with Crippen LogP contribution in [0.2, 0.25) is 0 Å². The molecular formula is C25H26N6O3. The van der Waals surface area contributed by atoms with Crippen LogP contribution in [0.4, 0.5) is 5.82 Å². The summed E-state index contributed by atoms with van der Waals surface area (Å²) in [5.74, 6) is 0.151. The number of fused-ring (bicyclic) bond motifs is 3. The molecule has 0 radical (unpaired) electrons. The van der Waals surface area contributed by atoms with Gasteiger partial charge in [0, 0.05) is 23.0 Å². The highest BCUT2D eigenvalue weighted by molar-refractivity contribution is 6.04. The average Bonchev–Trinajstić information content (AvgIpc) is 3.32. The first-order valence-electron chi connectivity index (χ1n) is 11.8. The molecule has 1 aromatic carbocycles. The number of hydrogen-bond donors (Lipinski definition) is 2. The Kier molecular flexibility index (Phi) is 4.86. The van der Waals surface area contributed by atoms with Gasteiger partial charge in [-0.2, -0.15) is 5.10 Å². The van der Waals surface area contributed by atoms with Crippen molar-refractivity contribution in [2.24, 2.45) is 11.7 Å². The van der Waals surface area contributed by atoms with Crippen LogP contribution in [-0.4, -0.2) is 49.5 Å². The molecule has 3 aromatic rings. The maximum Gasteiger partial charge on any atom is 0.269 e. The van der Waals surface area contributed by atoms with E-state index in [1.54, 1.807) is 29.2 Å². The van der Waals surface area contributed by atoms with Gasteiger partial charge in [-0.25, -0.2) is 4.98 Å². The van der Waals surface area contributed by atoms with E-state index in [0.717, 1.165) is 37.8 Å². The number of piperidine rings is 1. The van der Waals surface area contributed by atoms with E-state index >= 15 is 0 Å². The fourth-order valence-electron chi connectivity index (χ4n) is 5.65. The van der Waals surface area contributed by atoms with Crippen molar-refractivity contribution in [3.05, 3.63) is 53.9 Å². The molecular weight excluding hydrogens is 432 g/mol. The van der Waals surface area contributed by atoms with E-state index in [4.69, 9.17) is 5.73 Å². The van der Waals surface area contributed by atoms with Crippen LogP contribution in [0.5, 0.6) is 0 Å². The molecule has 34 heavy (non-hydrogen) atoms. The highest BCUT2D eigenvalue weighted by Crippen LogP contribution is 2.43. The van der Waals surface area contributed by atoms with E-state index in [2.05, 4.69) is 15.4 Å². The zero-order valence-electron chi connectivity index (χ0n) is 18.7. The standard InChI is InChI=1S/C25H26N6O3/c26-24(33)22-17-4-1-2-6-19(17)30(29-22)13-21(32)31-16-11-10-15(12-16)23(31)25(34)28-20-7-3-5-18(27-20)14-8-9-14/h1-7,14-16,23H,8-13H2,(H2,26,33)(H,27,28,34)/t15-,16+,23-/m0/s1. The predicted octanol–water partition coefficient (Wildman–Crippen LogP) is 2.43. The summed E-state index contributed by atoms with van der Waals surface area (Å²) < 4.78 is 1.51. The molecule has 9 heteroatoms. The van der Waals surface area contributed by atoms with Crippen molar-refractivity contribution in [3.63, 3.8) is 0 Å². The quantitative estimate of drug-likeness (QED) is 0.587. The number of amides is 3. The third kappa shape index (κ3) is 3.52. The number of nitrogens with one attached hydrogen (secondary N) is 1. The second-order valence-electron chi connectivity index (χ2n) is 9.57. The Morgan fingerprint density at radius 2 is 1.85 bits per heavy atom. The van der Waals surface area contributed by atoms with Crippen molar-refractivity contribution in [1.82, 2.24) is 19.7 Å². The number of benzene rings is 1. The van der Waals surface area contributed by atoms with E-state index in [1.807, 2.05) is 18.2 Å². The molecule has 2 aromatic heterocycles. The minimum atomic E-state index is -0.638. The van der Waals surface area contributed by atoms with Crippen molar-refractivity contribution < 1.29 is 14.4 Å². The number of carbonyl (C=O) groups excluding carboxylic acids is 3. The van der Waals surface area contributed by atoms with Gasteiger partial charge in [-0.05, 0) is 56.2 Å². The van der Waals surface area contributed by atoms with Crippen LogP contribution in [0.3, 0.4) is 0 Å². The normalized spacial score (nSPS) is 23.4. The molecule has 0 spiro atoms. The summed E-state index contributed by atoms with van der Waals surface area (Å²) in [5, 5.41) is 7.89. The summed E-state index contributed by atoms with van der Waals surface area (Å²) in [6.07, 6.45) is 4.92. The fourth-order valence-corrected chi connectivity index (χ4v) is 5.65. The lowest BCUT2D eigenvalue weighted by Gasteiger charge is -2.34. The molecule has 3 N–H and O–H groups in total. The van der Waals surface area contributed by atoms with Crippen LogP contribution in [-0.2, 0) is 16.1 Å². The van der Waals surface area contributed by atoms with Crippen molar-refractivity contribution in [3.8, 4) is 0 Å². The topological polar surface area (TPSA) is 123 Å². The molecule has 9 nitrogen and oxygen atoms in total. The number of pyridine rings is 1. The third-order valence-electron chi connectivity index (χ3n) is 7.34. The molecule has 3 heterocycles. The Hall–Kier alpha value is -3.75. The van der Waals surface area contributed by atoms with Crippen LogP contribution >= 0.6 is 0 Å². The zero-order valence-corrected chi connectivity index (χ0v) is 18.7. The third-order valence-corrected chi connectivity index (χ3v) is 7.34. The molecule has 0 unspecified atom stereocenters. The first kappa shape index (κ1) is 20.8. The number of anilines is 1. The number of hydrogen-bond acceptors (Lipinski definition) is 5. The number of nitrogens with two attached hydrogens (primary N) is 1. The Balaban J connectivity index is 1.24. The maximum atomic E-state index is 13.5. The van der Waals surface area contributed by atoms with Gasteiger partial charge in [0.15, 0.2) is 5.69 Å². The molecule has 174 valence electrons. The number of nitrogens with zero attached hydrogens (tertiary/aromatic N) is 4. The second kappa shape index (κ2) is 7.93. The monoisotopic (exact) mass is 458 g/mol. The molecule has 3 aliphatic rings. The average molecular weight is 459 g/mol. The first-order chi connectivity index (χ1) is 16.5. The summed E-state index contributed by atoms with van der Waals surface area (Å²) in [6, 6.07) is 12.4. The molecule has 1 aliphatic heterocycles. The lowest BCUT2D eigenvalue weighted by atomic mass is 9.97. The van der Waals surface area contributed by atoms with Crippen LogP contribution in [0.25, 0.3) is 10.9 Å². The highest BCUT2D eigenvalue weighted by atomic mass is 16.2. The van der Waals surface area contributed by atoms with E-state index in [-0.39, 0.29) is 36.0 Å². The first-order valence-corrected chi connectivity index (χ1v) is 11.8. The van der Waals surface area contributed by atoms with E-state index in [9.17, 15) is 14.4 Å². The lowest BCUT2D eigenvalue weighted by Crippen LogP contribution is -2.52. The predicted molar refractivity (Wildman–Crippen MR) is 125 cm³/mol. The molecule has 1 saturated heterocycles. The van der Waals surface area contributed by atoms with Crippen LogP contribution < -0.4 is 11.1 Å². The van der Waals surface area contributed by atoms with Gasteiger partial charge in [0.1, 0.15) is 18.4 Å². The minimum absolute atomic E-state index is 0.0384. The lowest BCUT2D eigenvalue weighted by molar-refractivity contribution is -0.141. The van der Waals surface area contributed by atoms with Crippen molar-refractivity contribution in [2.75, 3.05) is 5.32 Å². The van der Waals surface area contributed by atoms with Gasteiger partial charge in [0.2, 0.25) is 11.8 Å². The van der Waals surface area contributed by atoms with Gasteiger partial charge in [-0.1, -0.05) is 24.3 Å². The number of rotatable bonds is 6. The van der Waals surface area contributed by atoms with Gasteiger partial charge < -0.3 is 16.0 Å². The molecule has 2 saturated carbocycles. The van der Waals surface area contributed by atoms with Gasteiger partial charge in [-0.15, -0.1) is 0 Å². The van der Waals surface area contributed by atoms with E-state index < -0.39 is 11.9 Å². The summed E-state index contributed by atoms with van der Waals surface area (Å²) in [6.45, 7) is -0.0593. The molecule has 6 rings (SSSR count). The summed E-state index contributed by atoms with van der Waals surface area (Å²) in [5.41, 5.74) is 7.31. The van der Waals surface area contributed by atoms with Crippen LogP contribution in [0.15, 0.2) is 42.5 Å². The summed E-state index contributed by atoms with van der Waals surface area (Å²) in [7, 11) is 0. The largest absolute Gasteiger partial charge is 0.364 e. The smallest absolute Gasteiger partial charge is 0.269 e. The van der Waals surface area contributed by atoms with Crippen molar-refractivity contribution in [1.29, 1.82) is 0 Å².